The number of anilines is 2. The number of hydrogen-bond donors (Lipinski definition) is 2. The van der Waals surface area contributed by atoms with E-state index in [1.165, 1.54) is 6.92 Å². The van der Waals surface area contributed by atoms with Crippen LogP contribution in [0.2, 0.25) is 0 Å². The van der Waals surface area contributed by atoms with Gasteiger partial charge in [-0.05, 0) is 45.6 Å². The maximum Gasteiger partial charge on any atom is 0.418 e. The first-order chi connectivity index (χ1) is 21.6. The van der Waals surface area contributed by atoms with Gasteiger partial charge in [0.25, 0.3) is 0 Å². The average Bonchev–Trinajstić information content (AvgIpc) is 3.55. The normalized spacial score (nSPS) is 29.3. The molecule has 0 radical (unpaired) electrons. The first kappa shape index (κ1) is 28.9. The minimum absolute atomic E-state index is 0.0335. The molecule has 0 aromatic carbocycles. The number of piperazine rings is 1. The van der Waals surface area contributed by atoms with E-state index in [-0.39, 0.29) is 65.1 Å². The predicted molar refractivity (Wildman–Crippen MR) is 156 cm³/mol. The van der Waals surface area contributed by atoms with Gasteiger partial charge in [-0.2, -0.15) is 23.1 Å². The first-order valence-corrected chi connectivity index (χ1v) is 15.5. The number of rotatable bonds is 4. The fraction of sp³-hybridized carbons (Fsp3) is 0.600. The minimum Gasteiger partial charge on any atom is -0.472 e. The topological polar surface area (TPSA) is 124 Å². The lowest BCUT2D eigenvalue weighted by atomic mass is 9.99. The molecule has 15 heteroatoms. The van der Waals surface area contributed by atoms with Crippen molar-refractivity contribution in [3.63, 3.8) is 0 Å². The maximum atomic E-state index is 16.7. The van der Waals surface area contributed by atoms with Crippen LogP contribution in [-0.2, 0) is 10.9 Å². The molecule has 8 rings (SSSR count). The summed E-state index contributed by atoms with van der Waals surface area (Å²) >= 11 is 0. The van der Waals surface area contributed by atoms with Gasteiger partial charge in [-0.15, -0.1) is 0 Å². The molecular weight excluding hydrogens is 596 g/mol. The van der Waals surface area contributed by atoms with E-state index in [4.69, 9.17) is 24.9 Å². The Morgan fingerprint density at radius 2 is 1.98 bits per heavy atom. The summed E-state index contributed by atoms with van der Waals surface area (Å²) in [6.45, 7) is 6.09. The zero-order chi connectivity index (χ0) is 31.2. The van der Waals surface area contributed by atoms with E-state index < -0.39 is 34.9 Å². The first-order valence-electron chi connectivity index (χ1n) is 15.5. The van der Waals surface area contributed by atoms with Gasteiger partial charge in [-0.25, -0.2) is 14.4 Å². The molecule has 2 bridgehead atoms. The number of halogens is 4. The van der Waals surface area contributed by atoms with E-state index in [9.17, 15) is 13.2 Å². The number of fused-ring (bicyclic) bond motifs is 6. The Morgan fingerprint density at radius 3 is 2.80 bits per heavy atom. The summed E-state index contributed by atoms with van der Waals surface area (Å²) in [6.07, 6.45) is -1.49. The predicted octanol–water partition coefficient (Wildman–Crippen LogP) is 3.47. The Labute approximate surface area is 256 Å². The van der Waals surface area contributed by atoms with Crippen molar-refractivity contribution in [3.8, 4) is 23.1 Å². The molecule has 4 saturated heterocycles. The number of nitrogens with zero attached hydrogens (tertiary/aromatic N) is 6. The standard InChI is InChI=1S/C30H34F4N8O3/c1-13-22(30(32,33)34)18(9-20(35)36-13)24-23(31)25-21-27(40-29(39-25)44-12-17-5-4-16-11-43-8-7-41(16)17)42-10-15-3-6-19(37-15)26(42)14(2)45-28(21)38-24/h9,14-17,19,26,37H,3-8,10-12H2,1-2H3,(H2,35,36)/t14-,15+,16-,17-,19-,26+/m0/s1. The van der Waals surface area contributed by atoms with E-state index in [0.29, 0.717) is 31.6 Å². The van der Waals surface area contributed by atoms with E-state index in [0.717, 1.165) is 38.3 Å². The lowest BCUT2D eigenvalue weighted by Crippen LogP contribution is -2.62. The number of nitrogens with one attached hydrogen (secondary N) is 1. The highest BCUT2D eigenvalue weighted by atomic mass is 19.4. The summed E-state index contributed by atoms with van der Waals surface area (Å²) in [5.41, 5.74) is 3.05. The second-order valence-corrected chi connectivity index (χ2v) is 12.7. The lowest BCUT2D eigenvalue weighted by molar-refractivity contribution is -0.137. The van der Waals surface area contributed by atoms with Crippen molar-refractivity contribution in [2.24, 2.45) is 0 Å². The Kier molecular flexibility index (Phi) is 6.73. The van der Waals surface area contributed by atoms with Gasteiger partial charge in [0.15, 0.2) is 5.82 Å². The van der Waals surface area contributed by atoms with Crippen molar-refractivity contribution in [2.75, 3.05) is 43.5 Å². The lowest BCUT2D eigenvalue weighted by Gasteiger charge is -2.42. The monoisotopic (exact) mass is 630 g/mol. The zero-order valence-corrected chi connectivity index (χ0v) is 24.9. The van der Waals surface area contributed by atoms with Crippen LogP contribution in [0.25, 0.3) is 22.2 Å². The summed E-state index contributed by atoms with van der Waals surface area (Å²) < 4.78 is 77.9. The van der Waals surface area contributed by atoms with Crippen LogP contribution in [0.4, 0.5) is 29.2 Å². The van der Waals surface area contributed by atoms with Gasteiger partial charge in [-0.1, -0.05) is 0 Å². The van der Waals surface area contributed by atoms with Crippen LogP contribution in [0.5, 0.6) is 11.9 Å². The number of nitrogen functional groups attached to an aromatic ring is 1. The highest BCUT2D eigenvalue weighted by molar-refractivity contribution is 5.97. The molecule has 11 nitrogen and oxygen atoms in total. The fourth-order valence-corrected chi connectivity index (χ4v) is 8.07. The third-order valence-corrected chi connectivity index (χ3v) is 9.97. The molecule has 0 unspecified atom stereocenters. The van der Waals surface area contributed by atoms with Crippen LogP contribution < -0.4 is 25.4 Å². The van der Waals surface area contributed by atoms with Gasteiger partial charge >= 0.3 is 12.2 Å². The van der Waals surface area contributed by atoms with Crippen LogP contribution in [0.1, 0.15) is 43.9 Å². The van der Waals surface area contributed by atoms with Gasteiger partial charge in [0.2, 0.25) is 5.88 Å². The van der Waals surface area contributed by atoms with Gasteiger partial charge < -0.3 is 30.2 Å². The molecule has 8 heterocycles. The number of ether oxygens (including phenoxy) is 3. The second kappa shape index (κ2) is 10.5. The molecule has 5 aliphatic rings. The van der Waals surface area contributed by atoms with E-state index in [2.05, 4.69) is 30.1 Å². The molecule has 3 aromatic rings. The minimum atomic E-state index is -4.85. The Hall–Kier alpha value is -3.56. The summed E-state index contributed by atoms with van der Waals surface area (Å²) in [4.78, 5) is 22.0. The summed E-state index contributed by atoms with van der Waals surface area (Å²) in [5.74, 6) is -0.858. The van der Waals surface area contributed by atoms with E-state index >= 15 is 4.39 Å². The van der Waals surface area contributed by atoms with Crippen LogP contribution >= 0.6 is 0 Å². The molecular formula is C30H34F4N8O3. The van der Waals surface area contributed by atoms with Gasteiger partial charge in [0.05, 0.1) is 30.5 Å². The van der Waals surface area contributed by atoms with Crippen molar-refractivity contribution in [3.05, 3.63) is 23.1 Å². The average molecular weight is 631 g/mol. The zero-order valence-electron chi connectivity index (χ0n) is 24.9. The van der Waals surface area contributed by atoms with Crippen molar-refractivity contribution < 1.29 is 31.8 Å². The molecule has 0 aliphatic carbocycles. The molecule has 3 N–H and O–H groups in total. The SMILES string of the molecule is Cc1nc(N)cc(-c2nc3c4c(nc(OC[C@@H]5CC[C@H]6COCCN65)nc4c2F)N2C[C@H]4CC[C@H](N4)[C@H]2[C@H](C)O3)c1C(F)(F)F. The van der Waals surface area contributed by atoms with Gasteiger partial charge in [-0.3, -0.25) is 4.90 Å². The van der Waals surface area contributed by atoms with Crippen LogP contribution in [0, 0.1) is 12.7 Å². The largest absolute Gasteiger partial charge is 0.472 e. The van der Waals surface area contributed by atoms with E-state index in [1.807, 2.05) is 6.92 Å². The van der Waals surface area contributed by atoms with Gasteiger partial charge in [0.1, 0.15) is 40.9 Å². The molecule has 5 aliphatic heterocycles. The quantitative estimate of drug-likeness (QED) is 0.412. The number of aryl methyl sites for hydroxylation is 1. The smallest absolute Gasteiger partial charge is 0.418 e. The van der Waals surface area contributed by atoms with Crippen LogP contribution in [0.15, 0.2) is 6.07 Å². The van der Waals surface area contributed by atoms with Crippen LogP contribution in [0.3, 0.4) is 0 Å². The highest BCUT2D eigenvalue weighted by Crippen LogP contribution is 2.46. The number of pyridine rings is 2. The van der Waals surface area contributed by atoms with Crippen molar-refractivity contribution in [1.82, 2.24) is 30.2 Å². The number of aromatic nitrogens is 4. The van der Waals surface area contributed by atoms with Crippen molar-refractivity contribution >= 4 is 22.5 Å². The number of hydrogen-bond acceptors (Lipinski definition) is 11. The molecule has 45 heavy (non-hydrogen) atoms. The van der Waals surface area contributed by atoms with Crippen molar-refractivity contribution in [2.45, 2.75) is 82.0 Å². The molecule has 0 spiro atoms. The third-order valence-electron chi connectivity index (χ3n) is 9.97. The van der Waals surface area contributed by atoms with E-state index in [1.54, 1.807) is 0 Å². The summed E-state index contributed by atoms with van der Waals surface area (Å²) in [5, 5.41) is 3.85. The molecule has 240 valence electrons. The van der Waals surface area contributed by atoms with Crippen molar-refractivity contribution in [1.29, 1.82) is 0 Å². The molecule has 3 aromatic heterocycles. The maximum absolute atomic E-state index is 16.7. The molecule has 0 amide bonds. The second-order valence-electron chi connectivity index (χ2n) is 12.7. The molecule has 6 atom stereocenters. The summed E-state index contributed by atoms with van der Waals surface area (Å²) in [6, 6.07) is 1.51. The fourth-order valence-electron chi connectivity index (χ4n) is 8.07. The number of morpholine rings is 1. The number of nitrogens with two attached hydrogens (primary N) is 1. The molecule has 4 fully saturated rings. The third kappa shape index (κ3) is 4.73. The highest BCUT2D eigenvalue weighted by Gasteiger charge is 2.47. The van der Waals surface area contributed by atoms with Crippen LogP contribution in [-0.4, -0.2) is 94.1 Å². The Morgan fingerprint density at radius 1 is 1.13 bits per heavy atom. The summed E-state index contributed by atoms with van der Waals surface area (Å²) in [7, 11) is 0. The Balaban J connectivity index is 1.29. The molecule has 0 saturated carbocycles. The Bertz CT molecular complexity index is 1670. The van der Waals surface area contributed by atoms with Gasteiger partial charge in [0, 0.05) is 42.8 Å². The number of alkyl halides is 3.